The van der Waals surface area contributed by atoms with Crippen LogP contribution in [0.4, 0.5) is 9.18 Å². The Morgan fingerprint density at radius 3 is 2.96 bits per heavy atom. The molecule has 2 atom stereocenters. The zero-order valence-corrected chi connectivity index (χ0v) is 15.0. The van der Waals surface area contributed by atoms with Crippen molar-refractivity contribution < 1.29 is 18.7 Å². The van der Waals surface area contributed by atoms with Crippen molar-refractivity contribution in [1.29, 1.82) is 0 Å². The van der Waals surface area contributed by atoms with Crippen molar-refractivity contribution in [2.75, 3.05) is 13.7 Å². The number of benzene rings is 1. The van der Waals surface area contributed by atoms with E-state index in [1.807, 2.05) is 0 Å². The number of carbonyl (C=O) groups excluding carboxylic acids is 2. The van der Waals surface area contributed by atoms with Crippen molar-refractivity contribution in [2.24, 2.45) is 0 Å². The van der Waals surface area contributed by atoms with Crippen LogP contribution in [0.15, 0.2) is 24.5 Å². The van der Waals surface area contributed by atoms with Gasteiger partial charge in [-0.15, -0.1) is 0 Å². The highest BCUT2D eigenvalue weighted by atomic mass is 35.5. The molecule has 2 aromatic rings. The molecule has 9 heteroatoms. The van der Waals surface area contributed by atoms with Crippen LogP contribution in [0, 0.1) is 5.82 Å². The largest absolute Gasteiger partial charge is 0.467 e. The number of H-pyrrole nitrogens is 1. The van der Waals surface area contributed by atoms with Gasteiger partial charge in [0.05, 0.1) is 19.1 Å². The number of nitrogens with one attached hydrogen (secondary N) is 2. The molecule has 1 aliphatic rings. The number of hydrogen-bond donors (Lipinski definition) is 2. The van der Waals surface area contributed by atoms with E-state index in [1.165, 1.54) is 37.4 Å². The number of rotatable bonds is 3. The topological polar surface area (TPSA) is 87.3 Å². The molecule has 0 spiro atoms. The van der Waals surface area contributed by atoms with Crippen molar-refractivity contribution in [3.8, 4) is 0 Å². The van der Waals surface area contributed by atoms with E-state index in [4.69, 9.17) is 11.6 Å². The van der Waals surface area contributed by atoms with Crippen molar-refractivity contribution in [3.05, 3.63) is 52.3 Å². The molecule has 2 amide bonds. The monoisotopic (exact) mass is 380 g/mol. The van der Waals surface area contributed by atoms with E-state index < -0.39 is 29.9 Å². The van der Waals surface area contributed by atoms with Crippen LogP contribution in [0.3, 0.4) is 0 Å². The second kappa shape index (κ2) is 7.33. The molecule has 7 nitrogen and oxygen atoms in total. The van der Waals surface area contributed by atoms with Crippen LogP contribution >= 0.6 is 11.6 Å². The van der Waals surface area contributed by atoms with Gasteiger partial charge in [0.1, 0.15) is 17.9 Å². The molecule has 2 heterocycles. The molecule has 3 rings (SSSR count). The minimum Gasteiger partial charge on any atom is -0.467 e. The van der Waals surface area contributed by atoms with Crippen LogP contribution in [-0.2, 0) is 16.0 Å². The summed E-state index contributed by atoms with van der Waals surface area (Å²) in [6, 6.07) is 2.24. The molecule has 0 saturated heterocycles. The van der Waals surface area contributed by atoms with Gasteiger partial charge in [-0.05, 0) is 19.1 Å². The van der Waals surface area contributed by atoms with Crippen LogP contribution in [0.2, 0.25) is 5.02 Å². The van der Waals surface area contributed by atoms with Crippen molar-refractivity contribution in [1.82, 2.24) is 20.2 Å². The lowest BCUT2D eigenvalue weighted by Crippen LogP contribution is -2.50. The quantitative estimate of drug-likeness (QED) is 0.800. The minimum absolute atomic E-state index is 0.264. The number of carbonyl (C=O) groups is 2. The molecule has 0 aliphatic carbocycles. The normalized spacial score (nSPS) is 17.4. The number of urea groups is 1. The number of halogens is 2. The maximum Gasteiger partial charge on any atom is 0.328 e. The molecule has 1 aliphatic heterocycles. The molecule has 0 bridgehead atoms. The van der Waals surface area contributed by atoms with Gasteiger partial charge in [0.25, 0.3) is 0 Å². The lowest BCUT2D eigenvalue weighted by atomic mass is 9.95. The highest BCUT2D eigenvalue weighted by Crippen LogP contribution is 2.35. The third kappa shape index (κ3) is 3.37. The first-order valence-electron chi connectivity index (χ1n) is 8.04. The average molecular weight is 381 g/mol. The van der Waals surface area contributed by atoms with Gasteiger partial charge < -0.3 is 19.9 Å². The molecule has 26 heavy (non-hydrogen) atoms. The number of ether oxygens (including phenoxy) is 1. The molecular weight excluding hydrogens is 363 g/mol. The Morgan fingerprint density at radius 1 is 1.50 bits per heavy atom. The highest BCUT2D eigenvalue weighted by Gasteiger charge is 2.36. The maximum atomic E-state index is 14.6. The first-order chi connectivity index (χ1) is 12.4. The van der Waals surface area contributed by atoms with Crippen LogP contribution in [0.25, 0.3) is 0 Å². The Hall–Kier alpha value is -2.61. The van der Waals surface area contributed by atoms with E-state index in [9.17, 15) is 14.0 Å². The number of nitrogens with zero attached hydrogens (tertiary/aromatic N) is 2. The summed E-state index contributed by atoms with van der Waals surface area (Å²) < 4.78 is 19.2. The van der Waals surface area contributed by atoms with Crippen molar-refractivity contribution >= 4 is 23.6 Å². The van der Waals surface area contributed by atoms with E-state index in [0.717, 1.165) is 5.69 Å². The Morgan fingerprint density at radius 2 is 2.27 bits per heavy atom. The number of methoxy groups -OCH3 is 1. The predicted octanol–water partition coefficient (Wildman–Crippen LogP) is 2.42. The van der Waals surface area contributed by atoms with Gasteiger partial charge in [-0.1, -0.05) is 17.7 Å². The second-order valence-corrected chi connectivity index (χ2v) is 6.41. The standard InChI is InChI=1S/C17H18ClFN4O3/c1-9(16(24)26-2)22-17(25)23-6-5-13-14(21-8-20-13)15(23)11-4-3-10(18)7-12(11)19/h3-4,7-9,15H,5-6H2,1-2H3,(H,20,21)(H,22,25)/t9-,15-/m0/s1. The number of aromatic nitrogens is 2. The molecular formula is C17H18ClFN4O3. The van der Waals surface area contributed by atoms with Gasteiger partial charge in [0.15, 0.2) is 0 Å². The van der Waals surface area contributed by atoms with E-state index in [2.05, 4.69) is 20.0 Å². The number of hydrogen-bond acceptors (Lipinski definition) is 4. The summed E-state index contributed by atoms with van der Waals surface area (Å²) in [5.74, 6) is -1.10. The maximum absolute atomic E-state index is 14.6. The fourth-order valence-corrected chi connectivity index (χ4v) is 3.20. The van der Waals surface area contributed by atoms with E-state index in [0.29, 0.717) is 18.7 Å². The van der Waals surface area contributed by atoms with Crippen LogP contribution in [0.5, 0.6) is 0 Å². The minimum atomic E-state index is -0.830. The zero-order chi connectivity index (χ0) is 18.8. The first kappa shape index (κ1) is 18.2. The fraction of sp³-hybridized carbons (Fsp3) is 0.353. The van der Waals surface area contributed by atoms with E-state index in [1.54, 1.807) is 6.07 Å². The van der Waals surface area contributed by atoms with Gasteiger partial charge in [-0.2, -0.15) is 0 Å². The summed E-state index contributed by atoms with van der Waals surface area (Å²) in [7, 11) is 1.24. The summed E-state index contributed by atoms with van der Waals surface area (Å²) in [5, 5.41) is 2.84. The summed E-state index contributed by atoms with van der Waals surface area (Å²) in [6.07, 6.45) is 2.06. The summed E-state index contributed by atoms with van der Waals surface area (Å²) in [5.41, 5.74) is 1.69. The molecule has 0 saturated carbocycles. The van der Waals surface area contributed by atoms with Gasteiger partial charge in [-0.25, -0.2) is 19.0 Å². The number of amides is 2. The average Bonchev–Trinajstić information content (AvgIpc) is 3.09. The summed E-state index contributed by atoms with van der Waals surface area (Å²) in [4.78, 5) is 33.1. The SMILES string of the molecule is COC(=O)[C@H](C)NC(=O)N1CCc2[nH]cnc2[C@@H]1c1ccc(Cl)cc1F. The van der Waals surface area contributed by atoms with Gasteiger partial charge in [0.2, 0.25) is 0 Å². The number of imidazole rings is 1. The Labute approximate surface area is 154 Å². The fourth-order valence-electron chi connectivity index (χ4n) is 3.04. The van der Waals surface area contributed by atoms with E-state index in [-0.39, 0.29) is 10.6 Å². The Balaban J connectivity index is 1.96. The lowest BCUT2D eigenvalue weighted by Gasteiger charge is -2.35. The third-order valence-electron chi connectivity index (χ3n) is 4.34. The molecule has 2 N–H and O–H groups in total. The Kier molecular flexibility index (Phi) is 5.13. The summed E-state index contributed by atoms with van der Waals surface area (Å²) >= 11 is 5.85. The lowest BCUT2D eigenvalue weighted by molar-refractivity contribution is -0.142. The van der Waals surface area contributed by atoms with Gasteiger partial charge in [0, 0.05) is 29.2 Å². The van der Waals surface area contributed by atoms with Crippen LogP contribution < -0.4 is 5.32 Å². The number of esters is 1. The molecule has 1 aromatic heterocycles. The second-order valence-electron chi connectivity index (χ2n) is 5.97. The third-order valence-corrected chi connectivity index (χ3v) is 4.57. The molecule has 138 valence electrons. The molecule has 1 aromatic carbocycles. The summed E-state index contributed by atoms with van der Waals surface area (Å²) in [6.45, 7) is 1.85. The predicted molar refractivity (Wildman–Crippen MR) is 92.3 cm³/mol. The van der Waals surface area contributed by atoms with Gasteiger partial charge in [-0.3, -0.25) is 0 Å². The zero-order valence-electron chi connectivity index (χ0n) is 14.3. The van der Waals surface area contributed by atoms with Crippen LogP contribution in [-0.4, -0.2) is 46.6 Å². The van der Waals surface area contributed by atoms with E-state index >= 15 is 0 Å². The highest BCUT2D eigenvalue weighted by molar-refractivity contribution is 6.30. The number of aromatic amines is 1. The Bertz CT molecular complexity index is 841. The molecule has 0 unspecified atom stereocenters. The van der Waals surface area contributed by atoms with Gasteiger partial charge >= 0.3 is 12.0 Å². The smallest absolute Gasteiger partial charge is 0.328 e. The van der Waals surface area contributed by atoms with Crippen molar-refractivity contribution in [3.63, 3.8) is 0 Å². The van der Waals surface area contributed by atoms with Crippen molar-refractivity contribution in [2.45, 2.75) is 25.4 Å². The number of fused-ring (bicyclic) bond motifs is 1. The molecule has 0 radical (unpaired) electrons. The first-order valence-corrected chi connectivity index (χ1v) is 8.42. The molecule has 0 fully saturated rings. The van der Waals surface area contributed by atoms with Crippen LogP contribution in [0.1, 0.15) is 29.9 Å².